The fourth-order valence-corrected chi connectivity index (χ4v) is 5.35. The number of piperidine rings is 1. The van der Waals surface area contributed by atoms with Crippen LogP contribution in [0, 0.1) is 12.8 Å². The predicted octanol–water partition coefficient (Wildman–Crippen LogP) is 4.66. The number of rotatable bonds is 6. The second kappa shape index (κ2) is 8.36. The molecule has 0 saturated carbocycles. The normalized spacial score (nSPS) is 22.9. The lowest BCUT2D eigenvalue weighted by molar-refractivity contribution is -0.135. The number of carbonyl (C=O) groups excluding carboxylic acids is 1. The second-order valence-electron chi connectivity index (χ2n) is 8.87. The summed E-state index contributed by atoms with van der Waals surface area (Å²) >= 11 is 0. The van der Waals surface area contributed by atoms with Crippen LogP contribution in [-0.4, -0.2) is 44.5 Å². The summed E-state index contributed by atoms with van der Waals surface area (Å²) in [6.45, 7) is 1.57. The number of hydrogen-bond acceptors (Lipinski definition) is 5. The van der Waals surface area contributed by atoms with Gasteiger partial charge in [-0.3, -0.25) is 19.2 Å². The lowest BCUT2D eigenvalue weighted by atomic mass is 9.87. The van der Waals surface area contributed by atoms with Gasteiger partial charge in [-0.25, -0.2) is 4.98 Å². The van der Waals surface area contributed by atoms with Crippen molar-refractivity contribution < 1.29 is 13.6 Å². The van der Waals surface area contributed by atoms with E-state index in [4.69, 9.17) is 4.42 Å². The topological polar surface area (TPSA) is 72.1 Å². The summed E-state index contributed by atoms with van der Waals surface area (Å²) in [7, 11) is 0. The van der Waals surface area contributed by atoms with E-state index in [2.05, 4.69) is 19.9 Å². The maximum absolute atomic E-state index is 13.2. The minimum atomic E-state index is -0.241. The van der Waals surface area contributed by atoms with Gasteiger partial charge in [0.2, 0.25) is 5.91 Å². The van der Waals surface area contributed by atoms with Crippen LogP contribution in [0.25, 0.3) is 22.2 Å². The zero-order valence-electron chi connectivity index (χ0n) is 17.8. The fourth-order valence-electron chi connectivity index (χ4n) is 5.35. The summed E-state index contributed by atoms with van der Waals surface area (Å²) in [5, 5.41) is 0.928. The number of aryl methyl sites for hydroxylation is 1. The molecule has 3 aromatic rings. The molecular weight excluding hydrogens is 395 g/mol. The van der Waals surface area contributed by atoms with Gasteiger partial charge in [-0.1, -0.05) is 0 Å². The summed E-state index contributed by atoms with van der Waals surface area (Å²) in [5.41, 5.74) is 2.39. The molecule has 1 amide bonds. The maximum Gasteiger partial charge on any atom is 0.229 e. The van der Waals surface area contributed by atoms with Crippen LogP contribution in [-0.2, 0) is 11.2 Å². The van der Waals surface area contributed by atoms with Gasteiger partial charge in [0, 0.05) is 36.2 Å². The van der Waals surface area contributed by atoms with Crippen molar-refractivity contribution in [2.24, 2.45) is 5.92 Å². The maximum atomic E-state index is 13.2. The molecule has 0 N–H and O–H groups in total. The summed E-state index contributed by atoms with van der Waals surface area (Å²) < 4.78 is 18.2. The molecule has 3 aromatic heterocycles. The van der Waals surface area contributed by atoms with E-state index < -0.39 is 0 Å². The predicted molar refractivity (Wildman–Crippen MR) is 115 cm³/mol. The standard InChI is InChI=1S/C24H27FN4O2/c1-15-26-14-23(31-15)18-9-17-10-19(27-13-22(17)28-12-18)11-24(30)29-20-4-5-21(29)8-16(7-20)3-2-6-25/h9-10,12-14,16,20-21H,2-8,11H2,1H3/t16?,20-,21+. The van der Waals surface area contributed by atoms with Gasteiger partial charge in [-0.2, -0.15) is 0 Å². The van der Waals surface area contributed by atoms with Crippen molar-refractivity contribution in [3.63, 3.8) is 0 Å². The van der Waals surface area contributed by atoms with E-state index in [1.807, 2.05) is 19.1 Å². The Labute approximate surface area is 180 Å². The van der Waals surface area contributed by atoms with Crippen LogP contribution in [0.2, 0.25) is 0 Å². The van der Waals surface area contributed by atoms with Crippen molar-refractivity contribution in [3.05, 3.63) is 42.3 Å². The first-order valence-electron chi connectivity index (χ1n) is 11.2. The van der Waals surface area contributed by atoms with Crippen molar-refractivity contribution in [3.8, 4) is 11.3 Å². The molecule has 3 atom stereocenters. The Morgan fingerprint density at radius 3 is 2.65 bits per heavy atom. The number of nitrogens with zero attached hydrogens (tertiary/aromatic N) is 4. The molecule has 2 fully saturated rings. The van der Waals surface area contributed by atoms with Crippen LogP contribution < -0.4 is 0 Å². The highest BCUT2D eigenvalue weighted by atomic mass is 19.1. The average molecular weight is 423 g/mol. The van der Waals surface area contributed by atoms with Gasteiger partial charge in [-0.05, 0) is 56.6 Å². The highest BCUT2D eigenvalue weighted by Crippen LogP contribution is 2.40. The van der Waals surface area contributed by atoms with Gasteiger partial charge in [-0.15, -0.1) is 0 Å². The Kier molecular flexibility index (Phi) is 5.42. The van der Waals surface area contributed by atoms with Gasteiger partial charge in [0.15, 0.2) is 11.7 Å². The number of amides is 1. The zero-order chi connectivity index (χ0) is 21.4. The van der Waals surface area contributed by atoms with Crippen molar-refractivity contribution in [2.45, 2.75) is 64.0 Å². The summed E-state index contributed by atoms with van der Waals surface area (Å²) in [5.74, 6) is 1.99. The van der Waals surface area contributed by atoms with E-state index in [1.54, 1.807) is 18.6 Å². The smallest absolute Gasteiger partial charge is 0.229 e. The number of halogens is 1. The number of carbonyl (C=O) groups is 1. The third-order valence-corrected chi connectivity index (χ3v) is 6.73. The first-order chi connectivity index (χ1) is 15.1. The largest absolute Gasteiger partial charge is 0.441 e. The van der Waals surface area contributed by atoms with Crippen molar-refractivity contribution in [1.29, 1.82) is 0 Å². The summed E-state index contributed by atoms with van der Waals surface area (Å²) in [6.07, 6.45) is 11.2. The minimum absolute atomic E-state index is 0.151. The fraction of sp³-hybridized carbons (Fsp3) is 0.500. The molecule has 0 aromatic carbocycles. The van der Waals surface area contributed by atoms with Gasteiger partial charge in [0.1, 0.15) is 0 Å². The van der Waals surface area contributed by atoms with E-state index in [1.165, 1.54) is 0 Å². The highest BCUT2D eigenvalue weighted by molar-refractivity contribution is 5.84. The van der Waals surface area contributed by atoms with E-state index in [0.29, 0.717) is 42.5 Å². The molecule has 162 valence electrons. The monoisotopic (exact) mass is 422 g/mol. The molecule has 31 heavy (non-hydrogen) atoms. The number of alkyl halides is 1. The van der Waals surface area contributed by atoms with Crippen LogP contribution in [0.5, 0.6) is 0 Å². The minimum Gasteiger partial charge on any atom is -0.441 e. The molecule has 1 unspecified atom stereocenters. The number of pyridine rings is 2. The summed E-state index contributed by atoms with van der Waals surface area (Å²) in [4.78, 5) is 28.4. The summed E-state index contributed by atoms with van der Waals surface area (Å²) in [6, 6.07) is 4.56. The van der Waals surface area contributed by atoms with Crippen LogP contribution >= 0.6 is 0 Å². The zero-order valence-corrected chi connectivity index (χ0v) is 17.8. The third kappa shape index (κ3) is 4.05. The molecule has 5 rings (SSSR count). The molecule has 2 aliphatic heterocycles. The van der Waals surface area contributed by atoms with Gasteiger partial charge in [0.25, 0.3) is 0 Å². The Bertz CT molecular complexity index is 1080. The Hall–Kier alpha value is -2.83. The number of aromatic nitrogens is 3. The highest BCUT2D eigenvalue weighted by Gasteiger charge is 2.42. The van der Waals surface area contributed by atoms with E-state index in [-0.39, 0.29) is 12.6 Å². The van der Waals surface area contributed by atoms with E-state index >= 15 is 0 Å². The quantitative estimate of drug-likeness (QED) is 0.578. The van der Waals surface area contributed by atoms with Crippen molar-refractivity contribution in [1.82, 2.24) is 19.9 Å². The lowest BCUT2D eigenvalue weighted by Crippen LogP contribution is -2.47. The average Bonchev–Trinajstić information content (AvgIpc) is 3.32. The molecule has 5 heterocycles. The third-order valence-electron chi connectivity index (χ3n) is 6.73. The number of hydrogen-bond donors (Lipinski definition) is 0. The first kappa shape index (κ1) is 20.1. The van der Waals surface area contributed by atoms with Crippen LogP contribution in [0.15, 0.2) is 35.1 Å². The van der Waals surface area contributed by atoms with Crippen molar-refractivity contribution >= 4 is 16.8 Å². The molecule has 2 saturated heterocycles. The Morgan fingerprint density at radius 2 is 1.94 bits per heavy atom. The molecule has 0 spiro atoms. The van der Waals surface area contributed by atoms with Gasteiger partial charge < -0.3 is 9.32 Å². The van der Waals surface area contributed by atoms with E-state index in [9.17, 15) is 9.18 Å². The van der Waals surface area contributed by atoms with Crippen molar-refractivity contribution in [2.75, 3.05) is 6.67 Å². The van der Waals surface area contributed by atoms with Crippen LogP contribution in [0.3, 0.4) is 0 Å². The number of oxazole rings is 1. The molecule has 7 heteroatoms. The Morgan fingerprint density at radius 1 is 1.13 bits per heavy atom. The lowest BCUT2D eigenvalue weighted by Gasteiger charge is -2.39. The van der Waals surface area contributed by atoms with E-state index in [0.717, 1.165) is 54.3 Å². The van der Waals surface area contributed by atoms with Crippen LogP contribution in [0.4, 0.5) is 4.39 Å². The molecule has 6 nitrogen and oxygen atoms in total. The first-order valence-corrected chi connectivity index (χ1v) is 11.2. The molecule has 2 aliphatic rings. The molecule has 2 bridgehead atoms. The SMILES string of the molecule is Cc1ncc(-c2cnc3cnc(CC(=O)N4[C@@H]5CC[C@H]4CC(CCCF)C5)cc3c2)o1. The van der Waals surface area contributed by atoms with Crippen LogP contribution in [0.1, 0.15) is 50.1 Å². The molecule has 0 radical (unpaired) electrons. The second-order valence-corrected chi connectivity index (χ2v) is 8.87. The molecule has 0 aliphatic carbocycles. The number of fused-ring (bicyclic) bond motifs is 3. The van der Waals surface area contributed by atoms with Gasteiger partial charge >= 0.3 is 0 Å². The Balaban J connectivity index is 1.31. The molecular formula is C24H27FN4O2. The van der Waals surface area contributed by atoms with Gasteiger partial charge in [0.05, 0.1) is 36.7 Å².